The van der Waals surface area contributed by atoms with E-state index < -0.39 is 22.2 Å². The maximum Gasteiger partial charge on any atom is 0.305 e. The van der Waals surface area contributed by atoms with Crippen LogP contribution in [0.1, 0.15) is 11.1 Å². The molecule has 5 nitrogen and oxygen atoms in total. The van der Waals surface area contributed by atoms with Gasteiger partial charge in [-0.2, -0.15) is 9.65 Å². The first-order chi connectivity index (χ1) is 10.0. The molecule has 1 N–H and O–H groups in total. The fraction of sp³-hybridized carbons (Fsp3) is 0.0714. The number of nitrogens with zero attached hydrogens (tertiary/aromatic N) is 2. The van der Waals surface area contributed by atoms with Crippen LogP contribution in [0.4, 0.5) is 20.2 Å². The second-order valence-electron chi connectivity index (χ2n) is 4.14. The standard InChI is InChI=1S/C14H9F2N3O2/c15-11-4-2-5-12(10(11)7-17)18-8-9-3-1-6-13(14(9)16)19(20)21/h1-6,18H,8H2. The normalized spacial score (nSPS) is 9.95. The molecule has 0 aliphatic carbocycles. The lowest BCUT2D eigenvalue weighted by atomic mass is 10.1. The van der Waals surface area contributed by atoms with Crippen LogP contribution < -0.4 is 5.32 Å². The van der Waals surface area contributed by atoms with Crippen LogP contribution in [0, 0.1) is 33.1 Å². The number of nitro benzene ring substituents is 1. The Kier molecular flexibility index (Phi) is 4.09. The molecule has 0 fully saturated rings. The topological polar surface area (TPSA) is 79.0 Å². The van der Waals surface area contributed by atoms with Gasteiger partial charge in [0.15, 0.2) is 0 Å². The fourth-order valence-corrected chi connectivity index (χ4v) is 1.82. The highest BCUT2D eigenvalue weighted by atomic mass is 19.1. The molecule has 0 aliphatic heterocycles. The molecule has 21 heavy (non-hydrogen) atoms. The van der Waals surface area contributed by atoms with E-state index in [1.165, 1.54) is 24.3 Å². The van der Waals surface area contributed by atoms with Gasteiger partial charge in [0.25, 0.3) is 0 Å². The summed E-state index contributed by atoms with van der Waals surface area (Å²) < 4.78 is 27.3. The number of halogens is 2. The van der Waals surface area contributed by atoms with Crippen LogP contribution in [0.25, 0.3) is 0 Å². The maximum absolute atomic E-state index is 13.9. The Balaban J connectivity index is 2.26. The number of hydrogen-bond donors (Lipinski definition) is 1. The van der Waals surface area contributed by atoms with Crippen molar-refractivity contribution >= 4 is 11.4 Å². The van der Waals surface area contributed by atoms with E-state index >= 15 is 0 Å². The van der Waals surface area contributed by atoms with Crippen LogP contribution in [-0.4, -0.2) is 4.92 Å². The third-order valence-electron chi connectivity index (χ3n) is 2.85. The van der Waals surface area contributed by atoms with E-state index in [1.807, 2.05) is 0 Å². The summed E-state index contributed by atoms with van der Waals surface area (Å²) in [7, 11) is 0. The lowest BCUT2D eigenvalue weighted by molar-refractivity contribution is -0.387. The molecule has 2 aromatic carbocycles. The van der Waals surface area contributed by atoms with E-state index in [4.69, 9.17) is 5.26 Å². The van der Waals surface area contributed by atoms with Crippen molar-refractivity contribution in [2.45, 2.75) is 6.54 Å². The third kappa shape index (κ3) is 2.95. The molecule has 0 spiro atoms. The van der Waals surface area contributed by atoms with Crippen molar-refractivity contribution in [2.75, 3.05) is 5.32 Å². The van der Waals surface area contributed by atoms with Gasteiger partial charge < -0.3 is 5.32 Å². The number of nitriles is 1. The van der Waals surface area contributed by atoms with Gasteiger partial charge in [-0.25, -0.2) is 4.39 Å². The van der Waals surface area contributed by atoms with Gasteiger partial charge in [0.05, 0.1) is 10.6 Å². The van der Waals surface area contributed by atoms with Crippen molar-refractivity contribution in [1.82, 2.24) is 0 Å². The second kappa shape index (κ2) is 5.96. The fourth-order valence-electron chi connectivity index (χ4n) is 1.82. The zero-order valence-electron chi connectivity index (χ0n) is 10.6. The Labute approximate surface area is 118 Å². The number of rotatable bonds is 4. The average Bonchev–Trinajstić information content (AvgIpc) is 2.46. The van der Waals surface area contributed by atoms with Crippen molar-refractivity contribution < 1.29 is 13.7 Å². The lowest BCUT2D eigenvalue weighted by Gasteiger charge is -2.09. The Morgan fingerprint density at radius 3 is 2.62 bits per heavy atom. The molecule has 2 rings (SSSR count). The largest absolute Gasteiger partial charge is 0.380 e. The van der Waals surface area contributed by atoms with E-state index in [1.54, 1.807) is 6.07 Å². The Hall–Kier alpha value is -3.01. The Morgan fingerprint density at radius 1 is 1.24 bits per heavy atom. The van der Waals surface area contributed by atoms with Gasteiger partial charge in [0.2, 0.25) is 5.82 Å². The summed E-state index contributed by atoms with van der Waals surface area (Å²) in [5.41, 5.74) is -0.571. The SMILES string of the molecule is N#Cc1c(F)cccc1NCc1cccc([N+](=O)[O-])c1F. The van der Waals surface area contributed by atoms with E-state index in [2.05, 4.69) is 5.32 Å². The Morgan fingerprint density at radius 2 is 1.95 bits per heavy atom. The van der Waals surface area contributed by atoms with Crippen LogP contribution in [0.15, 0.2) is 36.4 Å². The molecule has 0 saturated carbocycles. The summed E-state index contributed by atoms with van der Waals surface area (Å²) in [6.45, 7) is -0.106. The first kappa shape index (κ1) is 14.4. The van der Waals surface area contributed by atoms with Crippen molar-refractivity contribution in [3.8, 4) is 6.07 Å². The average molecular weight is 289 g/mol. The minimum Gasteiger partial charge on any atom is -0.380 e. The number of nitro groups is 1. The molecular formula is C14H9F2N3O2. The molecule has 106 valence electrons. The van der Waals surface area contributed by atoms with Gasteiger partial charge in [-0.1, -0.05) is 18.2 Å². The minimum absolute atomic E-state index is 0.0531. The van der Waals surface area contributed by atoms with Crippen molar-refractivity contribution in [3.05, 3.63) is 69.3 Å². The number of hydrogen-bond acceptors (Lipinski definition) is 4. The Bertz CT molecular complexity index is 741. The molecule has 7 heteroatoms. The highest BCUT2D eigenvalue weighted by molar-refractivity contribution is 5.58. The van der Waals surface area contributed by atoms with E-state index in [0.717, 1.165) is 12.1 Å². The molecule has 0 bridgehead atoms. The lowest BCUT2D eigenvalue weighted by Crippen LogP contribution is -2.05. The van der Waals surface area contributed by atoms with E-state index in [9.17, 15) is 18.9 Å². The molecule has 0 unspecified atom stereocenters. The quantitative estimate of drug-likeness (QED) is 0.691. The first-order valence-corrected chi connectivity index (χ1v) is 5.89. The zero-order chi connectivity index (χ0) is 15.4. The zero-order valence-corrected chi connectivity index (χ0v) is 10.6. The van der Waals surface area contributed by atoms with Crippen LogP contribution in [0.3, 0.4) is 0 Å². The van der Waals surface area contributed by atoms with Gasteiger partial charge in [0.1, 0.15) is 17.4 Å². The molecule has 2 aromatic rings. The van der Waals surface area contributed by atoms with Gasteiger partial charge in [-0.15, -0.1) is 0 Å². The molecule has 0 heterocycles. The summed E-state index contributed by atoms with van der Waals surface area (Å²) >= 11 is 0. The predicted octanol–water partition coefficient (Wildman–Crippen LogP) is 3.36. The molecule has 0 saturated heterocycles. The third-order valence-corrected chi connectivity index (χ3v) is 2.85. The molecule has 0 radical (unpaired) electrons. The first-order valence-electron chi connectivity index (χ1n) is 5.89. The second-order valence-corrected chi connectivity index (χ2v) is 4.14. The highest BCUT2D eigenvalue weighted by Crippen LogP contribution is 2.23. The van der Waals surface area contributed by atoms with Crippen molar-refractivity contribution in [1.29, 1.82) is 5.26 Å². The summed E-state index contributed by atoms with van der Waals surface area (Å²) in [5.74, 6) is -1.65. The number of nitrogens with one attached hydrogen (secondary N) is 1. The maximum atomic E-state index is 13.9. The van der Waals surface area contributed by atoms with Gasteiger partial charge >= 0.3 is 5.69 Å². The van der Waals surface area contributed by atoms with Gasteiger partial charge in [0, 0.05) is 18.2 Å². The van der Waals surface area contributed by atoms with Crippen molar-refractivity contribution in [2.24, 2.45) is 0 Å². The van der Waals surface area contributed by atoms with Crippen LogP contribution in [-0.2, 0) is 6.54 Å². The predicted molar refractivity (Wildman–Crippen MR) is 71.5 cm³/mol. The van der Waals surface area contributed by atoms with E-state index in [-0.39, 0.29) is 23.4 Å². The number of anilines is 1. The summed E-state index contributed by atoms with van der Waals surface area (Å²) in [5, 5.41) is 22.2. The highest BCUT2D eigenvalue weighted by Gasteiger charge is 2.17. The monoisotopic (exact) mass is 289 g/mol. The summed E-state index contributed by atoms with van der Waals surface area (Å²) in [6, 6.07) is 9.50. The van der Waals surface area contributed by atoms with Gasteiger partial charge in [-0.3, -0.25) is 10.1 Å². The van der Waals surface area contributed by atoms with Gasteiger partial charge in [-0.05, 0) is 12.1 Å². The molecular weight excluding hydrogens is 280 g/mol. The molecule has 0 aromatic heterocycles. The van der Waals surface area contributed by atoms with Crippen LogP contribution in [0.2, 0.25) is 0 Å². The smallest absolute Gasteiger partial charge is 0.305 e. The van der Waals surface area contributed by atoms with Crippen molar-refractivity contribution in [3.63, 3.8) is 0 Å². The molecule has 0 aliphatic rings. The van der Waals surface area contributed by atoms with Crippen LogP contribution in [0.5, 0.6) is 0 Å². The number of benzene rings is 2. The van der Waals surface area contributed by atoms with Crippen LogP contribution >= 0.6 is 0 Å². The minimum atomic E-state index is -0.954. The summed E-state index contributed by atoms with van der Waals surface area (Å²) in [6.07, 6.45) is 0. The summed E-state index contributed by atoms with van der Waals surface area (Å²) in [4.78, 5) is 9.83. The molecule has 0 atom stereocenters. The molecule has 0 amide bonds. The van der Waals surface area contributed by atoms with E-state index in [0.29, 0.717) is 0 Å².